The standard InChI is InChI=1S/C26H19N5O4S3/c1-33-16-5-7-19-22(12-16)38-25(28-19)29-23(32)14-37-26-31-30-24(35-26)13-34-20-8-9-27-18-6-4-15(11-17(18)20)21-3-2-10-36-21/h2-12H,13-14H2,1H3,(H,28,29,32). The second-order valence-electron chi connectivity index (χ2n) is 7.96. The summed E-state index contributed by atoms with van der Waals surface area (Å²) in [6.07, 6.45) is 1.71. The zero-order chi connectivity index (χ0) is 25.9. The highest BCUT2D eigenvalue weighted by atomic mass is 32.2. The second-order valence-corrected chi connectivity index (χ2v) is 10.9. The lowest BCUT2D eigenvalue weighted by Crippen LogP contribution is -2.13. The number of carbonyl (C=O) groups excluding carboxylic acids is 1. The second kappa shape index (κ2) is 10.8. The fraction of sp³-hybridized carbons (Fsp3) is 0.115. The van der Waals surface area contributed by atoms with E-state index in [9.17, 15) is 4.79 Å². The number of rotatable bonds is 9. The van der Waals surface area contributed by atoms with Crippen LogP contribution in [0.25, 0.3) is 31.6 Å². The number of pyridine rings is 1. The van der Waals surface area contributed by atoms with Crippen molar-refractivity contribution >= 4 is 66.6 Å². The molecule has 0 spiro atoms. The Morgan fingerprint density at radius 1 is 1.11 bits per heavy atom. The number of nitrogens with one attached hydrogen (secondary N) is 1. The monoisotopic (exact) mass is 561 g/mol. The predicted molar refractivity (Wildman–Crippen MR) is 149 cm³/mol. The Bertz CT molecular complexity index is 1730. The average molecular weight is 562 g/mol. The lowest BCUT2D eigenvalue weighted by molar-refractivity contribution is -0.113. The maximum atomic E-state index is 12.4. The molecule has 0 unspecified atom stereocenters. The molecule has 4 heterocycles. The number of hydrogen-bond acceptors (Lipinski definition) is 11. The van der Waals surface area contributed by atoms with Crippen LogP contribution >= 0.6 is 34.4 Å². The number of ether oxygens (including phenoxy) is 2. The molecule has 0 bridgehead atoms. The lowest BCUT2D eigenvalue weighted by Gasteiger charge is -2.08. The predicted octanol–water partition coefficient (Wildman–Crippen LogP) is 6.27. The number of thiazole rings is 1. The van der Waals surface area contributed by atoms with Crippen LogP contribution in [-0.4, -0.2) is 38.9 Å². The van der Waals surface area contributed by atoms with E-state index < -0.39 is 0 Å². The molecule has 0 atom stereocenters. The van der Waals surface area contributed by atoms with Crippen LogP contribution in [0.3, 0.4) is 0 Å². The van der Waals surface area contributed by atoms with Gasteiger partial charge in [0, 0.05) is 16.5 Å². The molecule has 0 aliphatic carbocycles. The van der Waals surface area contributed by atoms with E-state index in [2.05, 4.69) is 43.7 Å². The van der Waals surface area contributed by atoms with E-state index >= 15 is 0 Å². The van der Waals surface area contributed by atoms with Gasteiger partial charge in [-0.1, -0.05) is 35.2 Å². The third-order valence-electron chi connectivity index (χ3n) is 5.48. The minimum absolute atomic E-state index is 0.0945. The largest absolute Gasteiger partial charge is 0.497 e. The topological polar surface area (TPSA) is 112 Å². The van der Waals surface area contributed by atoms with Crippen LogP contribution < -0.4 is 14.8 Å². The van der Waals surface area contributed by atoms with Gasteiger partial charge >= 0.3 is 0 Å². The summed E-state index contributed by atoms with van der Waals surface area (Å²) in [5.41, 5.74) is 2.73. The number of benzene rings is 2. The maximum absolute atomic E-state index is 12.4. The molecule has 6 aromatic rings. The average Bonchev–Trinajstić information content (AvgIpc) is 3.71. The Balaban J connectivity index is 1.06. The quantitative estimate of drug-likeness (QED) is 0.204. The Labute approximate surface area is 228 Å². The van der Waals surface area contributed by atoms with Gasteiger partial charge in [-0.15, -0.1) is 21.5 Å². The van der Waals surface area contributed by atoms with Gasteiger partial charge in [0.25, 0.3) is 11.1 Å². The number of anilines is 1. The van der Waals surface area contributed by atoms with Crippen molar-refractivity contribution in [2.24, 2.45) is 0 Å². The molecule has 190 valence electrons. The molecular weight excluding hydrogens is 543 g/mol. The molecule has 6 rings (SSSR count). The molecular formula is C26H19N5O4S3. The van der Waals surface area contributed by atoms with Gasteiger partial charge in [0.05, 0.1) is 28.6 Å². The molecule has 0 aliphatic rings. The van der Waals surface area contributed by atoms with Crippen molar-refractivity contribution in [1.29, 1.82) is 0 Å². The summed E-state index contributed by atoms with van der Waals surface area (Å²) in [6.45, 7) is 0.0945. The van der Waals surface area contributed by atoms with Gasteiger partial charge < -0.3 is 19.2 Å². The number of thioether (sulfide) groups is 1. The van der Waals surface area contributed by atoms with E-state index in [-0.39, 0.29) is 23.5 Å². The number of amides is 1. The van der Waals surface area contributed by atoms with Crippen LogP contribution in [0.1, 0.15) is 5.89 Å². The van der Waals surface area contributed by atoms with Gasteiger partial charge in [0.1, 0.15) is 11.5 Å². The smallest absolute Gasteiger partial charge is 0.277 e. The van der Waals surface area contributed by atoms with Crippen molar-refractivity contribution in [1.82, 2.24) is 20.2 Å². The molecule has 0 fully saturated rings. The minimum atomic E-state index is -0.221. The number of fused-ring (bicyclic) bond motifs is 2. The zero-order valence-electron chi connectivity index (χ0n) is 19.9. The molecule has 1 amide bonds. The first-order valence-electron chi connectivity index (χ1n) is 11.4. The fourth-order valence-corrected chi connectivity index (χ4v) is 5.92. The van der Waals surface area contributed by atoms with E-state index in [1.165, 1.54) is 16.2 Å². The first-order valence-corrected chi connectivity index (χ1v) is 14.1. The van der Waals surface area contributed by atoms with Crippen LogP contribution in [0, 0.1) is 0 Å². The van der Waals surface area contributed by atoms with Gasteiger partial charge in [0.15, 0.2) is 11.7 Å². The van der Waals surface area contributed by atoms with E-state index in [0.717, 1.165) is 44.2 Å². The SMILES string of the molecule is COc1ccc2nc(NC(=O)CSc3nnc(COc4ccnc5ccc(-c6cccs6)cc45)o3)sc2c1. The summed E-state index contributed by atoms with van der Waals surface area (Å²) in [4.78, 5) is 22.5. The van der Waals surface area contributed by atoms with Crippen LogP contribution in [0.15, 0.2) is 75.8 Å². The number of aromatic nitrogens is 4. The highest BCUT2D eigenvalue weighted by Crippen LogP contribution is 2.32. The summed E-state index contributed by atoms with van der Waals surface area (Å²) in [5, 5.41) is 14.6. The summed E-state index contributed by atoms with van der Waals surface area (Å²) in [5.74, 6) is 1.61. The summed E-state index contributed by atoms with van der Waals surface area (Å²) < 4.78 is 17.8. The van der Waals surface area contributed by atoms with Crippen molar-refractivity contribution in [3.8, 4) is 21.9 Å². The number of hydrogen-bond donors (Lipinski definition) is 1. The molecule has 1 N–H and O–H groups in total. The van der Waals surface area contributed by atoms with Gasteiger partial charge in [-0.2, -0.15) is 0 Å². The third kappa shape index (κ3) is 5.32. The van der Waals surface area contributed by atoms with E-state index in [1.54, 1.807) is 24.6 Å². The molecule has 0 saturated heterocycles. The van der Waals surface area contributed by atoms with E-state index in [0.29, 0.717) is 16.8 Å². The zero-order valence-corrected chi connectivity index (χ0v) is 22.4. The van der Waals surface area contributed by atoms with Crippen molar-refractivity contribution < 1.29 is 18.7 Å². The van der Waals surface area contributed by atoms with Crippen LogP contribution in [0.4, 0.5) is 5.13 Å². The van der Waals surface area contributed by atoms with Gasteiger partial charge in [0.2, 0.25) is 5.91 Å². The minimum Gasteiger partial charge on any atom is -0.497 e. The molecule has 0 saturated carbocycles. The molecule has 4 aromatic heterocycles. The van der Waals surface area contributed by atoms with Crippen LogP contribution in [0.5, 0.6) is 11.5 Å². The molecule has 38 heavy (non-hydrogen) atoms. The first kappa shape index (κ1) is 24.3. The molecule has 12 heteroatoms. The Kier molecular flexibility index (Phi) is 6.90. The normalized spacial score (nSPS) is 11.2. The highest BCUT2D eigenvalue weighted by Gasteiger charge is 2.14. The fourth-order valence-electron chi connectivity index (χ4n) is 3.71. The number of thiophene rings is 1. The molecule has 9 nitrogen and oxygen atoms in total. The van der Waals surface area contributed by atoms with Crippen LogP contribution in [0.2, 0.25) is 0 Å². The van der Waals surface area contributed by atoms with Crippen molar-refractivity contribution in [3.05, 3.63) is 72.1 Å². The third-order valence-corrected chi connectivity index (χ3v) is 8.15. The Hall–Kier alpha value is -4.00. The first-order chi connectivity index (χ1) is 18.6. The number of carbonyl (C=O) groups is 1. The van der Waals surface area contributed by atoms with Crippen LogP contribution in [-0.2, 0) is 11.4 Å². The molecule has 2 aromatic carbocycles. The number of methoxy groups -OCH3 is 1. The summed E-state index contributed by atoms with van der Waals surface area (Å²) in [7, 11) is 1.61. The maximum Gasteiger partial charge on any atom is 0.277 e. The molecule has 0 radical (unpaired) electrons. The Morgan fingerprint density at radius 3 is 2.89 bits per heavy atom. The Morgan fingerprint density at radius 2 is 2.03 bits per heavy atom. The van der Waals surface area contributed by atoms with Gasteiger partial charge in [-0.3, -0.25) is 9.78 Å². The highest BCUT2D eigenvalue weighted by molar-refractivity contribution is 7.99. The summed E-state index contributed by atoms with van der Waals surface area (Å²) >= 11 is 4.21. The number of nitrogens with zero attached hydrogens (tertiary/aromatic N) is 4. The van der Waals surface area contributed by atoms with Crippen molar-refractivity contribution in [2.75, 3.05) is 18.2 Å². The van der Waals surface area contributed by atoms with E-state index in [4.69, 9.17) is 13.9 Å². The summed E-state index contributed by atoms with van der Waals surface area (Å²) in [6, 6.07) is 17.6. The van der Waals surface area contributed by atoms with Crippen molar-refractivity contribution in [3.63, 3.8) is 0 Å². The van der Waals surface area contributed by atoms with Gasteiger partial charge in [-0.25, -0.2) is 4.98 Å². The lowest BCUT2D eigenvalue weighted by atomic mass is 10.1. The van der Waals surface area contributed by atoms with Gasteiger partial charge in [-0.05, 0) is 53.4 Å². The van der Waals surface area contributed by atoms with E-state index in [1.807, 2.05) is 41.8 Å². The molecule has 0 aliphatic heterocycles. The van der Waals surface area contributed by atoms with Crippen molar-refractivity contribution in [2.45, 2.75) is 11.8 Å².